The molecule has 0 saturated heterocycles. The maximum atomic E-state index is 10.3. The third-order valence-electron chi connectivity index (χ3n) is 3.32. The highest BCUT2D eigenvalue weighted by Gasteiger charge is 2.14. The molecule has 3 heteroatoms. The zero-order valence-corrected chi connectivity index (χ0v) is 12.1. The molecule has 2 radical (unpaired) electrons. The van der Waals surface area contributed by atoms with Crippen LogP contribution >= 0.6 is 11.3 Å². The van der Waals surface area contributed by atoms with Gasteiger partial charge in [0.15, 0.2) is 0 Å². The number of aliphatic hydroxyl groups is 1. The topological polar surface area (TPSA) is 46.2 Å². The lowest BCUT2D eigenvalue weighted by atomic mass is 9.99. The number of thiophene rings is 1. The number of nitrogen functional groups attached to an aromatic ring is 1. The fraction of sp³-hybridized carbons (Fsp3) is 0.250. The van der Waals surface area contributed by atoms with E-state index in [4.69, 9.17) is 5.73 Å². The van der Waals surface area contributed by atoms with Crippen molar-refractivity contribution >= 4 is 17.0 Å². The van der Waals surface area contributed by atoms with Gasteiger partial charge in [-0.15, -0.1) is 11.3 Å². The number of aliphatic hydroxyl groups excluding tert-OH is 1. The van der Waals surface area contributed by atoms with Gasteiger partial charge in [0, 0.05) is 21.9 Å². The Morgan fingerprint density at radius 1 is 1.37 bits per heavy atom. The van der Waals surface area contributed by atoms with E-state index in [0.29, 0.717) is 5.69 Å². The van der Waals surface area contributed by atoms with Crippen molar-refractivity contribution in [2.45, 2.75) is 26.4 Å². The first-order valence-electron chi connectivity index (χ1n) is 6.35. The minimum atomic E-state index is -0.609. The van der Waals surface area contributed by atoms with Gasteiger partial charge in [-0.3, -0.25) is 0 Å². The molecule has 1 aromatic carbocycles. The maximum absolute atomic E-state index is 10.3. The van der Waals surface area contributed by atoms with Crippen LogP contribution in [0.2, 0.25) is 0 Å². The van der Waals surface area contributed by atoms with Crippen molar-refractivity contribution in [1.29, 1.82) is 0 Å². The molecule has 2 nitrogen and oxygen atoms in total. The van der Waals surface area contributed by atoms with Crippen LogP contribution in [0.15, 0.2) is 24.3 Å². The zero-order chi connectivity index (χ0) is 14.0. The van der Waals surface area contributed by atoms with Gasteiger partial charge in [0.05, 0.1) is 6.10 Å². The first-order chi connectivity index (χ1) is 9.02. The van der Waals surface area contributed by atoms with Crippen molar-refractivity contribution in [2.75, 3.05) is 5.73 Å². The molecule has 0 amide bonds. The van der Waals surface area contributed by atoms with Gasteiger partial charge in [-0.05, 0) is 49.1 Å². The van der Waals surface area contributed by atoms with Gasteiger partial charge >= 0.3 is 0 Å². The summed E-state index contributed by atoms with van der Waals surface area (Å²) in [4.78, 5) is 2.23. The molecule has 1 atom stereocenters. The number of anilines is 1. The molecule has 0 aliphatic heterocycles. The molecule has 1 aromatic heterocycles. The second kappa shape index (κ2) is 5.76. The van der Waals surface area contributed by atoms with Crippen LogP contribution in [0.4, 0.5) is 5.69 Å². The molecule has 0 bridgehead atoms. The summed E-state index contributed by atoms with van der Waals surface area (Å²) in [5, 5.41) is 10.3. The van der Waals surface area contributed by atoms with E-state index in [-0.39, 0.29) is 0 Å². The number of rotatable bonds is 4. The lowest BCUT2D eigenvalue weighted by Gasteiger charge is -2.13. The first kappa shape index (κ1) is 14.1. The fourth-order valence-corrected chi connectivity index (χ4v) is 2.84. The SMILES string of the molecule is [CH2]c1ccc([CH]C(O)c2ccc(CC)s2)c(N)c1C. The third-order valence-corrected chi connectivity index (χ3v) is 4.62. The van der Waals surface area contributed by atoms with Gasteiger partial charge in [-0.25, -0.2) is 0 Å². The average molecular weight is 273 g/mol. The van der Waals surface area contributed by atoms with Crippen molar-refractivity contribution in [3.63, 3.8) is 0 Å². The molecule has 0 spiro atoms. The summed E-state index contributed by atoms with van der Waals surface area (Å²) in [7, 11) is 0. The summed E-state index contributed by atoms with van der Waals surface area (Å²) in [5.41, 5.74) is 9.52. The largest absolute Gasteiger partial charge is 0.398 e. The van der Waals surface area contributed by atoms with Crippen LogP contribution in [0.3, 0.4) is 0 Å². The molecule has 0 saturated carbocycles. The molecule has 2 rings (SSSR count). The summed E-state index contributed by atoms with van der Waals surface area (Å²) >= 11 is 1.64. The second-order valence-corrected chi connectivity index (χ2v) is 5.82. The minimum Gasteiger partial charge on any atom is -0.398 e. The smallest absolute Gasteiger partial charge is 0.0958 e. The molecule has 1 unspecified atom stereocenters. The van der Waals surface area contributed by atoms with Gasteiger partial charge < -0.3 is 10.8 Å². The van der Waals surface area contributed by atoms with Crippen LogP contribution in [-0.4, -0.2) is 5.11 Å². The van der Waals surface area contributed by atoms with E-state index < -0.39 is 6.10 Å². The molecule has 1 heterocycles. The lowest BCUT2D eigenvalue weighted by Crippen LogP contribution is -2.03. The fourth-order valence-electron chi connectivity index (χ4n) is 1.94. The standard InChI is InChI=1S/C16H19NOS/c1-4-13-7-8-15(19-13)14(18)9-12-6-5-10(2)11(3)16(12)17/h5-9,14,18H,2,4,17H2,1,3H3. The zero-order valence-electron chi connectivity index (χ0n) is 11.3. The quantitative estimate of drug-likeness (QED) is 0.835. The summed E-state index contributed by atoms with van der Waals surface area (Å²) in [5.74, 6) is 0. The van der Waals surface area contributed by atoms with Crippen LogP contribution in [-0.2, 0) is 6.42 Å². The highest BCUT2D eigenvalue weighted by Crippen LogP contribution is 2.30. The third kappa shape index (κ3) is 2.99. The molecule has 3 N–H and O–H groups in total. The summed E-state index contributed by atoms with van der Waals surface area (Å²) < 4.78 is 0. The van der Waals surface area contributed by atoms with Crippen molar-refractivity contribution in [3.8, 4) is 0 Å². The number of benzene rings is 1. The van der Waals surface area contributed by atoms with E-state index in [2.05, 4.69) is 19.9 Å². The molecule has 0 aliphatic rings. The molecule has 100 valence electrons. The number of nitrogens with two attached hydrogens (primary N) is 1. The Balaban J connectivity index is 2.19. The van der Waals surface area contributed by atoms with Crippen LogP contribution in [0, 0.1) is 20.3 Å². The van der Waals surface area contributed by atoms with Crippen LogP contribution in [0.5, 0.6) is 0 Å². The van der Waals surface area contributed by atoms with E-state index in [1.807, 2.05) is 25.1 Å². The molecule has 0 aliphatic carbocycles. The van der Waals surface area contributed by atoms with E-state index in [9.17, 15) is 5.11 Å². The Bertz CT molecular complexity index is 574. The Hall–Kier alpha value is -1.32. The second-order valence-electron chi connectivity index (χ2n) is 4.62. The van der Waals surface area contributed by atoms with E-state index in [1.54, 1.807) is 17.8 Å². The van der Waals surface area contributed by atoms with Gasteiger partial charge in [-0.2, -0.15) is 0 Å². The normalized spacial score (nSPS) is 12.6. The molecule has 19 heavy (non-hydrogen) atoms. The molecular weight excluding hydrogens is 254 g/mol. The Labute approximate surface area is 118 Å². The Morgan fingerprint density at radius 2 is 2.11 bits per heavy atom. The summed E-state index contributed by atoms with van der Waals surface area (Å²) in [6, 6.07) is 7.87. The first-order valence-corrected chi connectivity index (χ1v) is 7.17. The summed E-state index contributed by atoms with van der Waals surface area (Å²) in [6.07, 6.45) is 2.18. The predicted octanol–water partition coefficient (Wildman–Crippen LogP) is 3.67. The molecule has 0 fully saturated rings. The average Bonchev–Trinajstić information content (AvgIpc) is 2.88. The number of aryl methyl sites for hydroxylation is 1. The highest BCUT2D eigenvalue weighted by atomic mass is 32.1. The summed E-state index contributed by atoms with van der Waals surface area (Å²) in [6.45, 7) is 7.98. The predicted molar refractivity (Wildman–Crippen MR) is 82.1 cm³/mol. The van der Waals surface area contributed by atoms with Gasteiger partial charge in [-0.1, -0.05) is 19.1 Å². The monoisotopic (exact) mass is 273 g/mol. The van der Waals surface area contributed by atoms with Crippen LogP contribution < -0.4 is 5.73 Å². The van der Waals surface area contributed by atoms with E-state index >= 15 is 0 Å². The van der Waals surface area contributed by atoms with E-state index in [1.165, 1.54) is 4.88 Å². The maximum Gasteiger partial charge on any atom is 0.0958 e. The minimum absolute atomic E-state index is 0.609. The number of hydrogen-bond acceptors (Lipinski definition) is 3. The lowest BCUT2D eigenvalue weighted by molar-refractivity contribution is 0.219. The van der Waals surface area contributed by atoms with Crippen molar-refractivity contribution in [3.05, 3.63) is 64.1 Å². The van der Waals surface area contributed by atoms with Gasteiger partial charge in [0.25, 0.3) is 0 Å². The Kier molecular flexibility index (Phi) is 4.27. The Morgan fingerprint density at radius 3 is 2.74 bits per heavy atom. The highest BCUT2D eigenvalue weighted by molar-refractivity contribution is 7.12. The van der Waals surface area contributed by atoms with Crippen LogP contribution in [0.1, 0.15) is 39.5 Å². The van der Waals surface area contributed by atoms with Crippen molar-refractivity contribution in [1.82, 2.24) is 0 Å². The number of hydrogen-bond donors (Lipinski definition) is 2. The molecule has 2 aromatic rings. The van der Waals surface area contributed by atoms with Crippen molar-refractivity contribution in [2.24, 2.45) is 0 Å². The molecular formula is C16H19NOS. The van der Waals surface area contributed by atoms with Crippen LogP contribution in [0.25, 0.3) is 0 Å². The van der Waals surface area contributed by atoms with Gasteiger partial charge in [0.1, 0.15) is 0 Å². The van der Waals surface area contributed by atoms with Gasteiger partial charge in [0.2, 0.25) is 0 Å². The van der Waals surface area contributed by atoms with Crippen molar-refractivity contribution < 1.29 is 5.11 Å². The van der Waals surface area contributed by atoms with E-state index in [0.717, 1.165) is 28.0 Å².